The maximum Gasteiger partial charge on any atom is 0.0745 e. The number of hydrogen-bond acceptors (Lipinski definition) is 1. The lowest BCUT2D eigenvalue weighted by Gasteiger charge is -2.24. The Kier molecular flexibility index (Phi) is 1.90. The van der Waals surface area contributed by atoms with E-state index in [1.165, 1.54) is 51.4 Å². The van der Waals surface area contributed by atoms with E-state index >= 15 is 0 Å². The third-order valence-corrected chi connectivity index (χ3v) is 4.49. The van der Waals surface area contributed by atoms with Crippen LogP contribution in [0.4, 0.5) is 0 Å². The maximum absolute atomic E-state index is 6.15. The molecule has 1 saturated heterocycles. The SMILES string of the molecule is C1CCOC23CCCCC2C3CC1. The monoisotopic (exact) mass is 180 g/mol. The Hall–Kier alpha value is -0.0400. The van der Waals surface area contributed by atoms with Crippen LogP contribution in [-0.2, 0) is 4.74 Å². The first kappa shape index (κ1) is 8.28. The minimum absolute atomic E-state index is 0.415. The van der Waals surface area contributed by atoms with Gasteiger partial charge in [0.25, 0.3) is 0 Å². The minimum Gasteiger partial charge on any atom is -0.374 e. The summed E-state index contributed by atoms with van der Waals surface area (Å²) in [5, 5.41) is 0. The third-order valence-electron chi connectivity index (χ3n) is 4.49. The van der Waals surface area contributed by atoms with E-state index in [0.717, 1.165) is 18.4 Å². The second kappa shape index (κ2) is 2.98. The van der Waals surface area contributed by atoms with Crippen molar-refractivity contribution in [2.45, 2.75) is 57.0 Å². The lowest BCUT2D eigenvalue weighted by molar-refractivity contribution is -0.0118. The molecular weight excluding hydrogens is 160 g/mol. The van der Waals surface area contributed by atoms with Crippen molar-refractivity contribution in [2.24, 2.45) is 11.8 Å². The summed E-state index contributed by atoms with van der Waals surface area (Å²) in [6, 6.07) is 0. The molecule has 3 unspecified atom stereocenters. The average molecular weight is 180 g/mol. The van der Waals surface area contributed by atoms with Gasteiger partial charge in [0.15, 0.2) is 0 Å². The van der Waals surface area contributed by atoms with Gasteiger partial charge in [0.1, 0.15) is 0 Å². The van der Waals surface area contributed by atoms with Crippen LogP contribution in [0.3, 0.4) is 0 Å². The molecule has 0 N–H and O–H groups in total. The molecule has 0 aromatic rings. The summed E-state index contributed by atoms with van der Waals surface area (Å²) in [5.74, 6) is 1.94. The summed E-state index contributed by atoms with van der Waals surface area (Å²) in [6.45, 7) is 1.05. The summed E-state index contributed by atoms with van der Waals surface area (Å²) in [6.07, 6.45) is 11.4. The first-order chi connectivity index (χ1) is 6.43. The van der Waals surface area contributed by atoms with Crippen LogP contribution in [-0.4, -0.2) is 12.2 Å². The molecule has 0 amide bonds. The second-order valence-corrected chi connectivity index (χ2v) is 5.11. The summed E-state index contributed by atoms with van der Waals surface area (Å²) >= 11 is 0. The van der Waals surface area contributed by atoms with E-state index in [2.05, 4.69) is 0 Å². The second-order valence-electron chi connectivity index (χ2n) is 5.11. The van der Waals surface area contributed by atoms with Gasteiger partial charge in [-0.05, 0) is 37.5 Å². The minimum atomic E-state index is 0.415. The van der Waals surface area contributed by atoms with Gasteiger partial charge in [0, 0.05) is 6.61 Å². The van der Waals surface area contributed by atoms with E-state index in [9.17, 15) is 0 Å². The molecule has 1 aliphatic heterocycles. The highest BCUT2D eigenvalue weighted by Crippen LogP contribution is 2.63. The van der Waals surface area contributed by atoms with Crippen LogP contribution < -0.4 is 0 Å². The fraction of sp³-hybridized carbons (Fsp3) is 1.00. The zero-order valence-corrected chi connectivity index (χ0v) is 8.43. The van der Waals surface area contributed by atoms with Gasteiger partial charge in [-0.15, -0.1) is 0 Å². The first-order valence-electron chi connectivity index (χ1n) is 6.07. The Morgan fingerprint density at radius 3 is 2.46 bits per heavy atom. The standard InChI is InChI=1S/C12H20O/c1-2-6-10-11-7-3-4-8-12(10,11)13-9-5-1/h10-11H,1-9H2. The number of fused-ring (bicyclic) bond motifs is 1. The van der Waals surface area contributed by atoms with Crippen LogP contribution in [0, 0.1) is 11.8 Å². The van der Waals surface area contributed by atoms with Gasteiger partial charge in [-0.3, -0.25) is 0 Å². The molecule has 3 rings (SSSR count). The molecule has 0 aromatic carbocycles. The van der Waals surface area contributed by atoms with Crippen molar-refractivity contribution < 1.29 is 4.74 Å². The van der Waals surface area contributed by atoms with Gasteiger partial charge in [-0.2, -0.15) is 0 Å². The molecule has 3 atom stereocenters. The molecule has 13 heavy (non-hydrogen) atoms. The number of ether oxygens (including phenoxy) is 1. The van der Waals surface area contributed by atoms with Gasteiger partial charge >= 0.3 is 0 Å². The fourth-order valence-corrected chi connectivity index (χ4v) is 3.79. The van der Waals surface area contributed by atoms with Crippen LogP contribution >= 0.6 is 0 Å². The molecule has 0 aromatic heterocycles. The summed E-state index contributed by atoms with van der Waals surface area (Å²) in [4.78, 5) is 0. The van der Waals surface area contributed by atoms with Gasteiger partial charge in [0.2, 0.25) is 0 Å². The quantitative estimate of drug-likeness (QED) is 0.556. The van der Waals surface area contributed by atoms with Gasteiger partial charge in [-0.1, -0.05) is 25.7 Å². The van der Waals surface area contributed by atoms with Crippen LogP contribution in [0.2, 0.25) is 0 Å². The van der Waals surface area contributed by atoms with Crippen LogP contribution in [0.15, 0.2) is 0 Å². The highest BCUT2D eigenvalue weighted by molar-refractivity contribution is 5.15. The number of rotatable bonds is 0. The normalized spacial score (nSPS) is 49.8. The molecule has 2 saturated carbocycles. The van der Waals surface area contributed by atoms with E-state index in [0.29, 0.717) is 5.60 Å². The number of hydrogen-bond donors (Lipinski definition) is 0. The van der Waals surface area contributed by atoms with E-state index in [1.54, 1.807) is 0 Å². The Morgan fingerprint density at radius 2 is 1.62 bits per heavy atom. The summed E-state index contributed by atoms with van der Waals surface area (Å²) in [5.41, 5.74) is 0.415. The average Bonchev–Trinajstić information content (AvgIpc) is 2.73. The van der Waals surface area contributed by atoms with Crippen LogP contribution in [0.25, 0.3) is 0 Å². The highest BCUT2D eigenvalue weighted by Gasteiger charge is 2.65. The molecule has 1 heterocycles. The van der Waals surface area contributed by atoms with Crippen molar-refractivity contribution in [3.8, 4) is 0 Å². The summed E-state index contributed by atoms with van der Waals surface area (Å²) in [7, 11) is 0. The highest BCUT2D eigenvalue weighted by atomic mass is 16.5. The van der Waals surface area contributed by atoms with Crippen LogP contribution in [0.1, 0.15) is 51.4 Å². The molecular formula is C12H20O. The van der Waals surface area contributed by atoms with Crippen LogP contribution in [0.5, 0.6) is 0 Å². The maximum atomic E-state index is 6.15. The Bertz CT molecular complexity index is 201. The molecule has 3 aliphatic rings. The van der Waals surface area contributed by atoms with Gasteiger partial charge in [-0.25, -0.2) is 0 Å². The summed E-state index contributed by atoms with van der Waals surface area (Å²) < 4.78 is 6.15. The molecule has 1 heteroatoms. The van der Waals surface area contributed by atoms with Crippen molar-refractivity contribution in [1.82, 2.24) is 0 Å². The van der Waals surface area contributed by atoms with E-state index < -0.39 is 0 Å². The van der Waals surface area contributed by atoms with E-state index in [4.69, 9.17) is 4.74 Å². The lowest BCUT2D eigenvalue weighted by Crippen LogP contribution is -2.23. The Balaban J connectivity index is 1.75. The molecule has 74 valence electrons. The smallest absolute Gasteiger partial charge is 0.0745 e. The molecule has 0 radical (unpaired) electrons. The van der Waals surface area contributed by atoms with Gasteiger partial charge < -0.3 is 4.74 Å². The topological polar surface area (TPSA) is 9.23 Å². The predicted octanol–water partition coefficient (Wildman–Crippen LogP) is 3.14. The third kappa shape index (κ3) is 1.16. The fourth-order valence-electron chi connectivity index (χ4n) is 3.79. The van der Waals surface area contributed by atoms with Crippen molar-refractivity contribution in [3.05, 3.63) is 0 Å². The van der Waals surface area contributed by atoms with Crippen molar-refractivity contribution in [2.75, 3.05) is 6.61 Å². The van der Waals surface area contributed by atoms with Crippen molar-refractivity contribution in [1.29, 1.82) is 0 Å². The Labute approximate surface area is 80.8 Å². The molecule has 1 spiro atoms. The van der Waals surface area contributed by atoms with E-state index in [-0.39, 0.29) is 0 Å². The zero-order valence-electron chi connectivity index (χ0n) is 8.43. The Morgan fingerprint density at radius 1 is 0.846 bits per heavy atom. The molecule has 3 fully saturated rings. The predicted molar refractivity (Wildman–Crippen MR) is 52.6 cm³/mol. The van der Waals surface area contributed by atoms with Gasteiger partial charge in [0.05, 0.1) is 5.60 Å². The molecule has 0 bridgehead atoms. The van der Waals surface area contributed by atoms with E-state index in [1.807, 2.05) is 0 Å². The lowest BCUT2D eigenvalue weighted by atomic mass is 9.97. The van der Waals surface area contributed by atoms with Crippen molar-refractivity contribution in [3.63, 3.8) is 0 Å². The first-order valence-corrected chi connectivity index (χ1v) is 6.07. The zero-order chi connectivity index (χ0) is 8.73. The largest absolute Gasteiger partial charge is 0.374 e. The molecule has 2 aliphatic carbocycles. The molecule has 1 nitrogen and oxygen atoms in total. The van der Waals surface area contributed by atoms with Crippen molar-refractivity contribution >= 4 is 0 Å².